The van der Waals surface area contributed by atoms with Gasteiger partial charge in [0.25, 0.3) is 0 Å². The average Bonchev–Trinajstić information content (AvgIpc) is 3.02. The van der Waals surface area contributed by atoms with Gasteiger partial charge in [0.05, 0.1) is 16.5 Å². The van der Waals surface area contributed by atoms with Crippen LogP contribution in [0.3, 0.4) is 0 Å². The van der Waals surface area contributed by atoms with Crippen molar-refractivity contribution in [2.45, 2.75) is 125 Å². The minimum atomic E-state index is -1.12. The van der Waals surface area contributed by atoms with Gasteiger partial charge in [-0.1, -0.05) is 71.7 Å². The van der Waals surface area contributed by atoms with Crippen LogP contribution >= 0.6 is 0 Å². The summed E-state index contributed by atoms with van der Waals surface area (Å²) in [5.41, 5.74) is 2.75. The average molecular weight is 676 g/mol. The van der Waals surface area contributed by atoms with E-state index < -0.39 is 17.4 Å². The zero-order valence-electron chi connectivity index (χ0n) is 31.7. The number of esters is 2. The third-order valence-corrected chi connectivity index (χ3v) is 15.3. The first-order chi connectivity index (χ1) is 22.8. The Morgan fingerprint density at radius 1 is 0.816 bits per heavy atom. The summed E-state index contributed by atoms with van der Waals surface area (Å²) in [6.45, 7) is 18.1. The first-order valence-electron chi connectivity index (χ1n) is 18.9. The molecule has 1 aromatic carbocycles. The van der Waals surface area contributed by atoms with Crippen LogP contribution in [0.25, 0.3) is 0 Å². The molecule has 0 aromatic heterocycles. The molecule has 5 aliphatic rings. The van der Waals surface area contributed by atoms with Gasteiger partial charge >= 0.3 is 17.9 Å². The van der Waals surface area contributed by atoms with E-state index in [9.17, 15) is 19.5 Å². The molecule has 0 heterocycles. The van der Waals surface area contributed by atoms with Gasteiger partial charge in [-0.25, -0.2) is 9.59 Å². The summed E-state index contributed by atoms with van der Waals surface area (Å²) in [7, 11) is 4.04. The number of fused-ring (bicyclic) bond motifs is 6. The Labute approximate surface area is 294 Å². The van der Waals surface area contributed by atoms with Gasteiger partial charge in [0.2, 0.25) is 0 Å². The maximum atomic E-state index is 14.1. The van der Waals surface area contributed by atoms with E-state index in [0.29, 0.717) is 18.4 Å². The van der Waals surface area contributed by atoms with E-state index in [0.717, 1.165) is 77.2 Å². The van der Waals surface area contributed by atoms with Crippen LogP contribution in [0.15, 0.2) is 35.4 Å². The number of carbonyl (C=O) groups is 3. The van der Waals surface area contributed by atoms with Crippen molar-refractivity contribution in [2.24, 2.45) is 44.3 Å². The lowest BCUT2D eigenvalue weighted by Gasteiger charge is -2.71. The molecule has 0 radical (unpaired) electrons. The van der Waals surface area contributed by atoms with Crippen LogP contribution in [0.5, 0.6) is 0 Å². The summed E-state index contributed by atoms with van der Waals surface area (Å²) in [4.78, 5) is 41.5. The van der Waals surface area contributed by atoms with E-state index in [2.05, 4.69) is 53.4 Å². The first kappa shape index (κ1) is 36.1. The second-order valence-corrected chi connectivity index (χ2v) is 18.9. The highest BCUT2D eigenvalue weighted by Gasteiger charge is 2.68. The molecule has 7 nitrogen and oxygen atoms in total. The SMILES string of the molecule is CN(C)CCOC(=O)[C@]12CCC(C)(C)CC1=C1CC[C@@H]3[C@@]4(C)CC[C@H](OC(=O)c5ccccc5C(=O)O)C(C)(C)C4CC[C@@]3(C)[C@]1(C)CC2. The summed E-state index contributed by atoms with van der Waals surface area (Å²) >= 11 is 0. The summed E-state index contributed by atoms with van der Waals surface area (Å²) in [5, 5.41) is 9.70. The molecule has 6 rings (SSSR count). The molecule has 4 fully saturated rings. The molecule has 1 aromatic rings. The molecule has 4 saturated carbocycles. The Hall–Kier alpha value is -2.67. The van der Waals surface area contributed by atoms with Crippen LogP contribution in [0.4, 0.5) is 0 Å². The van der Waals surface area contributed by atoms with Crippen LogP contribution in [0, 0.1) is 44.3 Å². The van der Waals surface area contributed by atoms with E-state index in [-0.39, 0.29) is 50.3 Å². The number of carboxylic acid groups (broad SMARTS) is 1. The van der Waals surface area contributed by atoms with Crippen molar-refractivity contribution in [3.05, 3.63) is 46.5 Å². The number of nitrogens with zero attached hydrogens (tertiary/aromatic N) is 1. The van der Waals surface area contributed by atoms with Crippen molar-refractivity contribution < 1.29 is 29.0 Å². The minimum absolute atomic E-state index is 0.0120. The Balaban J connectivity index is 1.30. The normalized spacial score (nSPS) is 37.6. The summed E-state index contributed by atoms with van der Waals surface area (Å²) in [6, 6.07) is 6.36. The van der Waals surface area contributed by atoms with Crippen molar-refractivity contribution in [3.63, 3.8) is 0 Å². The molecule has 1 unspecified atom stereocenters. The van der Waals surface area contributed by atoms with Gasteiger partial charge in [-0.2, -0.15) is 0 Å². The summed E-state index contributed by atoms with van der Waals surface area (Å²) in [6.07, 6.45) is 10.6. The van der Waals surface area contributed by atoms with Crippen molar-refractivity contribution in [1.29, 1.82) is 0 Å². The first-order valence-corrected chi connectivity index (χ1v) is 18.9. The lowest BCUT2D eigenvalue weighted by Crippen LogP contribution is -2.64. The number of ether oxygens (including phenoxy) is 2. The second-order valence-electron chi connectivity index (χ2n) is 18.9. The van der Waals surface area contributed by atoms with Crippen LogP contribution in [0.1, 0.15) is 140 Å². The third-order valence-electron chi connectivity index (χ3n) is 15.3. The van der Waals surface area contributed by atoms with Crippen molar-refractivity contribution in [1.82, 2.24) is 4.90 Å². The van der Waals surface area contributed by atoms with E-state index >= 15 is 0 Å². The number of hydrogen-bond donors (Lipinski definition) is 1. The molecule has 7 atom stereocenters. The number of allylic oxidation sites excluding steroid dienone is 1. The third kappa shape index (κ3) is 5.60. The van der Waals surface area contributed by atoms with Crippen LogP contribution in [0.2, 0.25) is 0 Å². The van der Waals surface area contributed by atoms with Crippen LogP contribution < -0.4 is 0 Å². The molecule has 0 aliphatic heterocycles. The highest BCUT2D eigenvalue weighted by molar-refractivity contribution is 6.02. The Morgan fingerprint density at radius 2 is 1.49 bits per heavy atom. The molecule has 49 heavy (non-hydrogen) atoms. The molecule has 7 heteroatoms. The fraction of sp³-hybridized carbons (Fsp3) is 0.738. The van der Waals surface area contributed by atoms with Gasteiger partial charge < -0.3 is 19.5 Å². The predicted molar refractivity (Wildman–Crippen MR) is 191 cm³/mol. The van der Waals surface area contributed by atoms with E-state index in [4.69, 9.17) is 9.47 Å². The summed E-state index contributed by atoms with van der Waals surface area (Å²) < 4.78 is 12.3. The second kappa shape index (κ2) is 12.2. The van der Waals surface area contributed by atoms with E-state index in [1.807, 2.05) is 14.1 Å². The lowest BCUT2D eigenvalue weighted by molar-refractivity contribution is -0.205. The molecule has 1 N–H and O–H groups in total. The highest BCUT2D eigenvalue weighted by Crippen LogP contribution is 2.75. The predicted octanol–water partition coefficient (Wildman–Crippen LogP) is 8.96. The van der Waals surface area contributed by atoms with Gasteiger partial charge in [-0.3, -0.25) is 4.79 Å². The highest BCUT2D eigenvalue weighted by atomic mass is 16.5. The monoisotopic (exact) mass is 675 g/mol. The number of likely N-dealkylation sites (N-methyl/N-ethyl adjacent to an activating group) is 1. The number of carboxylic acids is 1. The molecule has 5 aliphatic carbocycles. The molecular weight excluding hydrogens is 614 g/mol. The Morgan fingerprint density at radius 3 is 2.16 bits per heavy atom. The molecule has 0 amide bonds. The lowest BCUT2D eigenvalue weighted by atomic mass is 9.34. The topological polar surface area (TPSA) is 93.1 Å². The number of hydrogen-bond acceptors (Lipinski definition) is 6. The number of carbonyl (C=O) groups excluding carboxylic acids is 2. The maximum absolute atomic E-state index is 14.1. The quantitative estimate of drug-likeness (QED) is 0.228. The number of aromatic carboxylic acids is 1. The Bertz CT molecular complexity index is 1540. The summed E-state index contributed by atoms with van der Waals surface area (Å²) in [5.74, 6) is -0.748. The molecule has 0 saturated heterocycles. The van der Waals surface area contributed by atoms with Crippen LogP contribution in [-0.4, -0.2) is 61.3 Å². The number of rotatable bonds is 7. The smallest absolute Gasteiger partial charge is 0.339 e. The molecule has 270 valence electrons. The van der Waals surface area contributed by atoms with Crippen molar-refractivity contribution >= 4 is 17.9 Å². The fourth-order valence-electron chi connectivity index (χ4n) is 12.3. The number of benzene rings is 1. The molecule has 0 bridgehead atoms. The minimum Gasteiger partial charge on any atom is -0.478 e. The molecule has 0 spiro atoms. The van der Waals surface area contributed by atoms with Gasteiger partial charge in [0.1, 0.15) is 12.7 Å². The van der Waals surface area contributed by atoms with Gasteiger partial charge in [-0.15, -0.1) is 0 Å². The largest absolute Gasteiger partial charge is 0.478 e. The zero-order valence-corrected chi connectivity index (χ0v) is 31.7. The zero-order chi connectivity index (χ0) is 35.8. The maximum Gasteiger partial charge on any atom is 0.339 e. The molecular formula is C42H61NO6. The van der Waals surface area contributed by atoms with E-state index in [1.54, 1.807) is 23.8 Å². The van der Waals surface area contributed by atoms with Crippen molar-refractivity contribution in [3.8, 4) is 0 Å². The van der Waals surface area contributed by atoms with Gasteiger partial charge in [0, 0.05) is 12.0 Å². The fourth-order valence-corrected chi connectivity index (χ4v) is 12.3. The Kier molecular flexibility index (Phi) is 9.02. The standard InChI is InChI=1S/C42H61NO6/c1-37(2)20-22-42(36(47)48-25-24-43(8)9)23-21-40(6)29(30(42)26-37)14-15-32-39(5)18-17-33(38(3,4)31(39)16-19-41(32,40)7)49-35(46)28-13-11-10-12-27(28)34(44)45/h10-13,31-33H,14-26H2,1-9H3,(H,44,45)/t31?,32-,33+,39+,40-,41-,42+/m1/s1. The van der Waals surface area contributed by atoms with Gasteiger partial charge in [0.15, 0.2) is 0 Å². The van der Waals surface area contributed by atoms with E-state index in [1.165, 1.54) is 11.6 Å². The van der Waals surface area contributed by atoms with Crippen molar-refractivity contribution in [2.75, 3.05) is 27.2 Å². The van der Waals surface area contributed by atoms with Crippen LogP contribution in [-0.2, 0) is 14.3 Å². The van der Waals surface area contributed by atoms with Gasteiger partial charge in [-0.05, 0) is 130 Å².